The van der Waals surface area contributed by atoms with Crippen LogP contribution in [0.3, 0.4) is 0 Å². The molecule has 3 nitrogen and oxygen atoms in total. The van der Waals surface area contributed by atoms with Gasteiger partial charge >= 0.3 is 0 Å². The van der Waals surface area contributed by atoms with Crippen LogP contribution in [0.15, 0.2) is 47.3 Å². The van der Waals surface area contributed by atoms with Crippen molar-refractivity contribution in [2.24, 2.45) is 0 Å². The molecule has 0 saturated heterocycles. The normalized spacial score (nSPS) is 12.4. The number of aromatic amines is 1. The summed E-state index contributed by atoms with van der Waals surface area (Å²) in [5.74, 6) is 0. The zero-order valence-electron chi connectivity index (χ0n) is 10.2. The fourth-order valence-corrected chi connectivity index (χ4v) is 2.99. The first-order valence-corrected chi connectivity index (χ1v) is 6.27. The summed E-state index contributed by atoms with van der Waals surface area (Å²) in [5.41, 5.74) is 11.0. The zero-order chi connectivity index (χ0) is 13.0. The number of hydrogen-bond donors (Lipinski definition) is 2. The van der Waals surface area contributed by atoms with Gasteiger partial charge in [-0.05, 0) is 28.6 Å². The second-order valence-corrected chi connectivity index (χ2v) is 4.91. The van der Waals surface area contributed by atoms with Gasteiger partial charge in [0.2, 0.25) is 0 Å². The first kappa shape index (κ1) is 10.4. The van der Waals surface area contributed by atoms with Crippen LogP contribution in [0.5, 0.6) is 0 Å². The van der Waals surface area contributed by atoms with Gasteiger partial charge in [-0.15, -0.1) is 0 Å². The molecule has 2 aromatic carbocycles. The highest BCUT2D eigenvalue weighted by Crippen LogP contribution is 2.40. The number of pyridine rings is 1. The Kier molecular flexibility index (Phi) is 1.90. The minimum absolute atomic E-state index is 0.0505. The lowest BCUT2D eigenvalue weighted by molar-refractivity contribution is 1.23. The second-order valence-electron chi connectivity index (χ2n) is 4.91. The van der Waals surface area contributed by atoms with Gasteiger partial charge in [0, 0.05) is 23.1 Å². The molecule has 0 unspecified atom stereocenters. The molecular weight excluding hydrogens is 236 g/mol. The average Bonchev–Trinajstić information content (AvgIpc) is 2.79. The topological polar surface area (TPSA) is 58.9 Å². The molecule has 1 aliphatic rings. The van der Waals surface area contributed by atoms with Crippen LogP contribution in [0, 0.1) is 0 Å². The Morgan fingerprint density at radius 1 is 1.00 bits per heavy atom. The van der Waals surface area contributed by atoms with Crippen molar-refractivity contribution < 1.29 is 0 Å². The maximum Gasteiger partial charge on any atom is 0.256 e. The van der Waals surface area contributed by atoms with Gasteiger partial charge in [-0.1, -0.05) is 30.3 Å². The molecule has 3 heteroatoms. The molecule has 92 valence electrons. The molecule has 0 fully saturated rings. The monoisotopic (exact) mass is 248 g/mol. The third kappa shape index (κ3) is 1.30. The van der Waals surface area contributed by atoms with Crippen molar-refractivity contribution in [1.29, 1.82) is 0 Å². The molecule has 4 rings (SSSR count). The molecule has 0 atom stereocenters. The van der Waals surface area contributed by atoms with E-state index in [4.69, 9.17) is 5.73 Å². The van der Waals surface area contributed by atoms with Gasteiger partial charge in [0.1, 0.15) is 0 Å². The van der Waals surface area contributed by atoms with E-state index in [9.17, 15) is 4.79 Å². The van der Waals surface area contributed by atoms with Crippen LogP contribution < -0.4 is 11.3 Å². The van der Waals surface area contributed by atoms with E-state index in [0.29, 0.717) is 0 Å². The quantitative estimate of drug-likeness (QED) is 0.470. The molecule has 1 aliphatic carbocycles. The van der Waals surface area contributed by atoms with Crippen molar-refractivity contribution in [3.63, 3.8) is 0 Å². The summed E-state index contributed by atoms with van der Waals surface area (Å²) in [6, 6.07) is 13.6. The predicted octanol–water partition coefficient (Wildman–Crippen LogP) is 2.68. The Bertz CT molecular complexity index is 878. The van der Waals surface area contributed by atoms with Crippen molar-refractivity contribution in [2.75, 3.05) is 5.73 Å². The highest BCUT2D eigenvalue weighted by molar-refractivity contribution is 5.95. The van der Waals surface area contributed by atoms with E-state index in [2.05, 4.69) is 11.1 Å². The van der Waals surface area contributed by atoms with Crippen LogP contribution >= 0.6 is 0 Å². The smallest absolute Gasteiger partial charge is 0.256 e. The standard InChI is InChI=1S/C16H12N2O/c17-13-7-3-4-9-8-12-10-5-1-2-6-11(10)16(19)18-15(12)14(9)13/h1-7H,8,17H2,(H,18,19). The fraction of sp³-hybridized carbons (Fsp3) is 0.0625. The highest BCUT2D eigenvalue weighted by Gasteiger charge is 2.23. The third-order valence-electron chi connectivity index (χ3n) is 3.84. The summed E-state index contributed by atoms with van der Waals surface area (Å²) in [7, 11) is 0. The minimum Gasteiger partial charge on any atom is -0.398 e. The molecule has 0 bridgehead atoms. The maximum atomic E-state index is 12.2. The predicted molar refractivity (Wildman–Crippen MR) is 77.2 cm³/mol. The van der Waals surface area contributed by atoms with Crippen LogP contribution in [0.1, 0.15) is 11.1 Å². The van der Waals surface area contributed by atoms with Crippen molar-refractivity contribution in [2.45, 2.75) is 6.42 Å². The largest absolute Gasteiger partial charge is 0.398 e. The number of nitrogens with two attached hydrogens (primary N) is 1. The molecule has 0 saturated carbocycles. The molecule has 3 N–H and O–H groups in total. The number of hydrogen-bond acceptors (Lipinski definition) is 2. The molecule has 0 spiro atoms. The summed E-state index contributed by atoms with van der Waals surface area (Å²) in [4.78, 5) is 15.2. The van der Waals surface area contributed by atoms with Crippen LogP contribution in [0.2, 0.25) is 0 Å². The van der Waals surface area contributed by atoms with Crippen molar-refractivity contribution in [1.82, 2.24) is 4.98 Å². The van der Waals surface area contributed by atoms with Gasteiger partial charge in [0.25, 0.3) is 5.56 Å². The third-order valence-corrected chi connectivity index (χ3v) is 3.84. The SMILES string of the molecule is Nc1cccc2c1-c1[nH]c(=O)c3ccccc3c1C2. The number of aromatic nitrogens is 1. The highest BCUT2D eigenvalue weighted by atomic mass is 16.1. The summed E-state index contributed by atoms with van der Waals surface area (Å²) in [6.45, 7) is 0. The van der Waals surface area contributed by atoms with Gasteiger partial charge in [0.15, 0.2) is 0 Å². The molecule has 0 radical (unpaired) electrons. The lowest BCUT2D eigenvalue weighted by atomic mass is 10.0. The lowest BCUT2D eigenvalue weighted by Gasteiger charge is -2.06. The number of benzene rings is 2. The minimum atomic E-state index is -0.0505. The molecule has 1 heterocycles. The van der Waals surface area contributed by atoms with Crippen LogP contribution in [-0.4, -0.2) is 4.98 Å². The van der Waals surface area contributed by atoms with Gasteiger partial charge in [-0.2, -0.15) is 0 Å². The first-order valence-electron chi connectivity index (χ1n) is 6.27. The van der Waals surface area contributed by atoms with E-state index < -0.39 is 0 Å². The zero-order valence-corrected chi connectivity index (χ0v) is 10.2. The molecule has 1 aromatic heterocycles. The second kappa shape index (κ2) is 3.48. The van der Waals surface area contributed by atoms with Crippen LogP contribution in [0.25, 0.3) is 22.0 Å². The number of anilines is 1. The van der Waals surface area contributed by atoms with Gasteiger partial charge in [-0.3, -0.25) is 4.79 Å². The summed E-state index contributed by atoms with van der Waals surface area (Å²) >= 11 is 0. The number of fused-ring (bicyclic) bond motifs is 5. The van der Waals surface area contributed by atoms with Crippen LogP contribution in [-0.2, 0) is 6.42 Å². The average molecular weight is 248 g/mol. The molecule has 0 amide bonds. The summed E-state index contributed by atoms with van der Waals surface area (Å²) < 4.78 is 0. The Morgan fingerprint density at radius 3 is 2.63 bits per heavy atom. The Balaban J connectivity index is 2.18. The van der Waals surface area contributed by atoms with E-state index in [0.717, 1.165) is 34.1 Å². The number of nitrogens with one attached hydrogen (secondary N) is 1. The number of H-pyrrole nitrogens is 1. The van der Waals surface area contributed by atoms with Gasteiger partial charge < -0.3 is 10.7 Å². The molecule has 0 aliphatic heterocycles. The van der Waals surface area contributed by atoms with Gasteiger partial charge in [-0.25, -0.2) is 0 Å². The summed E-state index contributed by atoms with van der Waals surface area (Å²) in [5, 5.41) is 1.77. The molecule has 3 aromatic rings. The van der Waals surface area contributed by atoms with Gasteiger partial charge in [0.05, 0.1) is 5.69 Å². The Labute approximate surface area is 109 Å². The number of rotatable bonds is 0. The maximum absolute atomic E-state index is 12.2. The van der Waals surface area contributed by atoms with E-state index in [1.54, 1.807) is 0 Å². The van der Waals surface area contributed by atoms with E-state index >= 15 is 0 Å². The van der Waals surface area contributed by atoms with E-state index in [-0.39, 0.29) is 5.56 Å². The van der Waals surface area contributed by atoms with Crippen molar-refractivity contribution >= 4 is 16.5 Å². The Hall–Kier alpha value is -2.55. The summed E-state index contributed by atoms with van der Waals surface area (Å²) in [6.07, 6.45) is 0.826. The first-order chi connectivity index (χ1) is 9.25. The number of nitrogen functional groups attached to an aromatic ring is 1. The molecule has 19 heavy (non-hydrogen) atoms. The molecular formula is C16H12N2O. The lowest BCUT2D eigenvalue weighted by Crippen LogP contribution is -2.08. The Morgan fingerprint density at radius 2 is 1.79 bits per heavy atom. The van der Waals surface area contributed by atoms with E-state index in [1.807, 2.05) is 36.4 Å². The van der Waals surface area contributed by atoms with Crippen LogP contribution in [0.4, 0.5) is 5.69 Å². The van der Waals surface area contributed by atoms with Crippen molar-refractivity contribution in [3.8, 4) is 11.3 Å². The van der Waals surface area contributed by atoms with Crippen molar-refractivity contribution in [3.05, 3.63) is 63.9 Å². The fourth-order valence-electron chi connectivity index (χ4n) is 2.99. The van der Waals surface area contributed by atoms with E-state index in [1.165, 1.54) is 11.1 Å².